The van der Waals surface area contributed by atoms with Gasteiger partial charge in [-0.3, -0.25) is 14.5 Å². The van der Waals surface area contributed by atoms with E-state index in [0.717, 1.165) is 5.56 Å². The molecule has 0 bridgehead atoms. The van der Waals surface area contributed by atoms with E-state index >= 15 is 0 Å². The first-order valence-corrected chi connectivity index (χ1v) is 7.99. The lowest BCUT2D eigenvalue weighted by Crippen LogP contribution is -2.29. The number of carbonyl (C=O) groups excluding carboxylic acids is 2. The number of nitrogens with zero attached hydrogens (tertiary/aromatic N) is 1. The van der Waals surface area contributed by atoms with E-state index in [2.05, 4.69) is 10.6 Å². The van der Waals surface area contributed by atoms with Gasteiger partial charge >= 0.3 is 0 Å². The van der Waals surface area contributed by atoms with Gasteiger partial charge in [-0.2, -0.15) is 0 Å². The highest BCUT2D eigenvalue weighted by molar-refractivity contribution is 5.94. The summed E-state index contributed by atoms with van der Waals surface area (Å²) >= 11 is 0. The highest BCUT2D eigenvalue weighted by atomic mass is 16.2. The van der Waals surface area contributed by atoms with Crippen LogP contribution in [-0.4, -0.2) is 30.3 Å². The molecule has 0 unspecified atom stereocenters. The first-order chi connectivity index (χ1) is 11.6. The van der Waals surface area contributed by atoms with Crippen LogP contribution in [0.25, 0.3) is 0 Å². The number of amides is 2. The van der Waals surface area contributed by atoms with Crippen molar-refractivity contribution in [2.24, 2.45) is 0 Å². The number of benzene rings is 2. The molecule has 2 amide bonds. The standard InChI is InChI=1S/C19H23N3O2/c1-3-18(23)20-16-10-7-11-17(12-16)21-19(24)14-22(2)13-15-8-5-4-6-9-15/h4-12H,3,13-14H2,1-2H3,(H,20,23)(H,21,24). The number of likely N-dealkylation sites (N-methyl/N-ethyl adjacent to an activating group) is 1. The van der Waals surface area contributed by atoms with Gasteiger partial charge in [-0.05, 0) is 30.8 Å². The molecule has 2 aromatic rings. The molecule has 0 aliphatic rings. The molecular formula is C19H23N3O2. The topological polar surface area (TPSA) is 61.4 Å². The van der Waals surface area contributed by atoms with Crippen LogP contribution in [0.2, 0.25) is 0 Å². The van der Waals surface area contributed by atoms with Crippen molar-refractivity contribution in [3.05, 3.63) is 60.2 Å². The van der Waals surface area contributed by atoms with Crippen molar-refractivity contribution < 1.29 is 9.59 Å². The largest absolute Gasteiger partial charge is 0.326 e. The van der Waals surface area contributed by atoms with Gasteiger partial charge in [-0.15, -0.1) is 0 Å². The molecule has 0 aliphatic carbocycles. The molecule has 0 atom stereocenters. The second-order valence-electron chi connectivity index (χ2n) is 5.69. The molecule has 0 aliphatic heterocycles. The highest BCUT2D eigenvalue weighted by Crippen LogP contribution is 2.15. The number of anilines is 2. The van der Waals surface area contributed by atoms with Gasteiger partial charge in [0.2, 0.25) is 11.8 Å². The van der Waals surface area contributed by atoms with Crippen molar-refractivity contribution in [2.45, 2.75) is 19.9 Å². The first-order valence-electron chi connectivity index (χ1n) is 7.99. The molecule has 5 nitrogen and oxygen atoms in total. The summed E-state index contributed by atoms with van der Waals surface area (Å²) in [4.78, 5) is 25.5. The molecule has 0 heterocycles. The monoisotopic (exact) mass is 325 g/mol. The minimum Gasteiger partial charge on any atom is -0.326 e. The molecule has 0 saturated heterocycles. The zero-order chi connectivity index (χ0) is 17.4. The predicted octanol–water partition coefficient (Wildman–Crippen LogP) is 3.11. The summed E-state index contributed by atoms with van der Waals surface area (Å²) in [6.45, 7) is 2.80. The second kappa shape index (κ2) is 8.84. The van der Waals surface area contributed by atoms with E-state index in [0.29, 0.717) is 30.9 Å². The minimum absolute atomic E-state index is 0.0546. The number of hydrogen-bond donors (Lipinski definition) is 2. The lowest BCUT2D eigenvalue weighted by Gasteiger charge is -2.16. The quantitative estimate of drug-likeness (QED) is 0.822. The van der Waals surface area contributed by atoms with Crippen molar-refractivity contribution >= 4 is 23.2 Å². The van der Waals surface area contributed by atoms with Crippen LogP contribution in [0.3, 0.4) is 0 Å². The van der Waals surface area contributed by atoms with Crippen LogP contribution in [-0.2, 0) is 16.1 Å². The smallest absolute Gasteiger partial charge is 0.238 e. The number of rotatable bonds is 7. The van der Waals surface area contributed by atoms with E-state index in [9.17, 15) is 9.59 Å². The minimum atomic E-state index is -0.0904. The van der Waals surface area contributed by atoms with Gasteiger partial charge in [0, 0.05) is 24.3 Å². The highest BCUT2D eigenvalue weighted by Gasteiger charge is 2.08. The zero-order valence-corrected chi connectivity index (χ0v) is 14.1. The van der Waals surface area contributed by atoms with E-state index in [4.69, 9.17) is 0 Å². The Morgan fingerprint density at radius 1 is 0.917 bits per heavy atom. The third-order valence-electron chi connectivity index (χ3n) is 3.46. The maximum absolute atomic E-state index is 12.2. The normalized spacial score (nSPS) is 10.5. The van der Waals surface area contributed by atoms with Crippen molar-refractivity contribution in [1.29, 1.82) is 0 Å². The summed E-state index contributed by atoms with van der Waals surface area (Å²) in [5.74, 6) is -0.145. The molecule has 0 aromatic heterocycles. The molecule has 2 rings (SSSR count). The molecule has 126 valence electrons. The average Bonchev–Trinajstić information content (AvgIpc) is 2.55. The van der Waals surface area contributed by atoms with Crippen LogP contribution in [0.4, 0.5) is 11.4 Å². The van der Waals surface area contributed by atoms with Gasteiger partial charge in [-0.25, -0.2) is 0 Å². The van der Waals surface area contributed by atoms with Gasteiger partial charge in [0.1, 0.15) is 0 Å². The molecule has 0 fully saturated rings. The van der Waals surface area contributed by atoms with Gasteiger partial charge in [0.25, 0.3) is 0 Å². The summed E-state index contributed by atoms with van der Waals surface area (Å²) in [6, 6.07) is 17.2. The number of carbonyl (C=O) groups is 2. The summed E-state index contributed by atoms with van der Waals surface area (Å²) in [5, 5.41) is 5.64. The fourth-order valence-corrected chi connectivity index (χ4v) is 2.32. The third kappa shape index (κ3) is 5.85. The Bertz CT molecular complexity index is 686. The molecule has 0 radical (unpaired) electrons. The Morgan fingerprint density at radius 2 is 1.54 bits per heavy atom. The zero-order valence-electron chi connectivity index (χ0n) is 14.1. The third-order valence-corrected chi connectivity index (χ3v) is 3.46. The molecule has 2 aromatic carbocycles. The summed E-state index contributed by atoms with van der Waals surface area (Å²) in [6.07, 6.45) is 0.418. The van der Waals surface area contributed by atoms with E-state index in [1.54, 1.807) is 31.2 Å². The molecule has 24 heavy (non-hydrogen) atoms. The predicted molar refractivity (Wildman–Crippen MR) is 96.8 cm³/mol. The SMILES string of the molecule is CCC(=O)Nc1cccc(NC(=O)CN(C)Cc2ccccc2)c1. The maximum Gasteiger partial charge on any atom is 0.238 e. The Hall–Kier alpha value is -2.66. The van der Waals surface area contributed by atoms with Gasteiger partial charge in [0.05, 0.1) is 6.54 Å². The van der Waals surface area contributed by atoms with Crippen molar-refractivity contribution in [3.8, 4) is 0 Å². The van der Waals surface area contributed by atoms with Crippen LogP contribution >= 0.6 is 0 Å². The first kappa shape index (κ1) is 17.7. The molecule has 0 spiro atoms. The Morgan fingerprint density at radius 3 is 2.17 bits per heavy atom. The average molecular weight is 325 g/mol. The van der Waals surface area contributed by atoms with Crippen LogP contribution in [0.5, 0.6) is 0 Å². The second-order valence-corrected chi connectivity index (χ2v) is 5.69. The Labute approximate surface area is 142 Å². The molecule has 0 saturated carbocycles. The summed E-state index contributed by atoms with van der Waals surface area (Å²) in [5.41, 5.74) is 2.51. The fraction of sp³-hybridized carbons (Fsp3) is 0.263. The van der Waals surface area contributed by atoms with Crippen molar-refractivity contribution in [1.82, 2.24) is 4.90 Å². The van der Waals surface area contributed by atoms with Crippen LogP contribution < -0.4 is 10.6 Å². The summed E-state index contributed by atoms with van der Waals surface area (Å²) in [7, 11) is 1.91. The van der Waals surface area contributed by atoms with Gasteiger partial charge in [-0.1, -0.05) is 43.3 Å². The maximum atomic E-state index is 12.2. The lowest BCUT2D eigenvalue weighted by molar-refractivity contribution is -0.117. The van der Waals surface area contributed by atoms with Crippen LogP contribution in [0.1, 0.15) is 18.9 Å². The Kier molecular flexibility index (Phi) is 6.51. The van der Waals surface area contributed by atoms with E-state index in [-0.39, 0.29) is 11.8 Å². The van der Waals surface area contributed by atoms with E-state index in [1.165, 1.54) is 0 Å². The van der Waals surface area contributed by atoms with Crippen molar-refractivity contribution in [2.75, 3.05) is 24.2 Å². The molecule has 2 N–H and O–H groups in total. The van der Waals surface area contributed by atoms with E-state index < -0.39 is 0 Å². The van der Waals surface area contributed by atoms with Crippen LogP contribution in [0, 0.1) is 0 Å². The fourth-order valence-electron chi connectivity index (χ4n) is 2.32. The van der Waals surface area contributed by atoms with E-state index in [1.807, 2.05) is 42.3 Å². The molecule has 5 heteroatoms. The number of hydrogen-bond acceptors (Lipinski definition) is 3. The van der Waals surface area contributed by atoms with Crippen LogP contribution in [0.15, 0.2) is 54.6 Å². The van der Waals surface area contributed by atoms with Gasteiger partial charge < -0.3 is 10.6 Å². The lowest BCUT2D eigenvalue weighted by atomic mass is 10.2. The number of nitrogens with one attached hydrogen (secondary N) is 2. The van der Waals surface area contributed by atoms with Crippen molar-refractivity contribution in [3.63, 3.8) is 0 Å². The summed E-state index contributed by atoms with van der Waals surface area (Å²) < 4.78 is 0. The van der Waals surface area contributed by atoms with Gasteiger partial charge in [0.15, 0.2) is 0 Å². The Balaban J connectivity index is 1.87. The molecular weight excluding hydrogens is 302 g/mol.